The topological polar surface area (TPSA) is 88.1 Å². The number of nitrogens with one attached hydrogen (secondary N) is 1. The Balaban J connectivity index is 2.10. The largest absolute Gasteiger partial charge is 0.497 e. The fraction of sp³-hybridized carbons (Fsp3) is 0.118. The molecule has 0 spiro atoms. The van der Waals surface area contributed by atoms with Gasteiger partial charge in [0.25, 0.3) is 0 Å². The van der Waals surface area contributed by atoms with E-state index in [2.05, 4.69) is 15.0 Å². The Morgan fingerprint density at radius 2 is 1.96 bits per heavy atom. The van der Waals surface area contributed by atoms with Gasteiger partial charge in [0.1, 0.15) is 17.3 Å². The van der Waals surface area contributed by atoms with Gasteiger partial charge in [0, 0.05) is 11.8 Å². The number of H-pyrrole nitrogens is 1. The van der Waals surface area contributed by atoms with Crippen molar-refractivity contribution in [3.63, 3.8) is 0 Å². The van der Waals surface area contributed by atoms with Crippen LogP contribution in [0.5, 0.6) is 5.75 Å². The lowest BCUT2D eigenvalue weighted by Gasteiger charge is -2.05. The maximum Gasteiger partial charge on any atom is 0.335 e. The summed E-state index contributed by atoms with van der Waals surface area (Å²) in [7, 11) is 1.61. The number of carboxylic acids is 1. The molecule has 0 saturated heterocycles. The first kappa shape index (κ1) is 14.8. The van der Waals surface area contributed by atoms with Crippen LogP contribution in [0, 0.1) is 6.92 Å². The molecule has 0 fully saturated rings. The second kappa shape index (κ2) is 5.92. The number of imidazole rings is 1. The lowest BCUT2D eigenvalue weighted by Crippen LogP contribution is -1.98. The molecule has 0 amide bonds. The Bertz CT molecular complexity index is 854. The lowest BCUT2D eigenvalue weighted by atomic mass is 10.1. The summed E-state index contributed by atoms with van der Waals surface area (Å²) in [6.45, 7) is 1.84. The van der Waals surface area contributed by atoms with Crippen LogP contribution in [0.2, 0.25) is 0 Å². The summed E-state index contributed by atoms with van der Waals surface area (Å²) in [5.74, 6) is 0.498. The third-order valence-electron chi connectivity index (χ3n) is 3.45. The molecule has 0 radical (unpaired) electrons. The number of methoxy groups -OCH3 is 1. The van der Waals surface area contributed by atoms with Gasteiger partial charge >= 0.3 is 5.97 Å². The SMILES string of the molecule is COc1ccc(-c2[nH]c(C)nc2-c2cc(C(=O)O)ccn2)cc1. The van der Waals surface area contributed by atoms with E-state index in [1.165, 1.54) is 18.3 Å². The number of hydrogen-bond donors (Lipinski definition) is 2. The van der Waals surface area contributed by atoms with Gasteiger partial charge in [-0.1, -0.05) is 0 Å². The third-order valence-corrected chi connectivity index (χ3v) is 3.45. The van der Waals surface area contributed by atoms with Crippen LogP contribution < -0.4 is 4.74 Å². The first-order chi connectivity index (χ1) is 11.1. The maximum atomic E-state index is 11.1. The molecule has 0 atom stereocenters. The van der Waals surface area contributed by atoms with Crippen LogP contribution in [0.25, 0.3) is 22.6 Å². The smallest absolute Gasteiger partial charge is 0.335 e. The lowest BCUT2D eigenvalue weighted by molar-refractivity contribution is 0.0697. The van der Waals surface area contributed by atoms with E-state index >= 15 is 0 Å². The summed E-state index contributed by atoms with van der Waals surface area (Å²) in [5, 5.41) is 9.14. The number of aromatic carboxylic acids is 1. The molecule has 2 N–H and O–H groups in total. The summed E-state index contributed by atoms with van der Waals surface area (Å²) in [5.41, 5.74) is 3.02. The molecule has 2 heterocycles. The molecule has 3 aromatic rings. The molecule has 6 heteroatoms. The average molecular weight is 309 g/mol. The van der Waals surface area contributed by atoms with Crippen LogP contribution in [-0.4, -0.2) is 33.1 Å². The van der Waals surface area contributed by atoms with Gasteiger partial charge in [-0.2, -0.15) is 0 Å². The highest BCUT2D eigenvalue weighted by molar-refractivity contribution is 5.89. The second-order valence-electron chi connectivity index (χ2n) is 5.01. The summed E-state index contributed by atoms with van der Waals surface area (Å²) in [4.78, 5) is 23.1. The molecule has 3 rings (SSSR count). The summed E-state index contributed by atoms with van der Waals surface area (Å²) >= 11 is 0. The number of carbonyl (C=O) groups is 1. The molecule has 2 aromatic heterocycles. The van der Waals surface area contributed by atoms with E-state index in [4.69, 9.17) is 9.84 Å². The van der Waals surface area contributed by atoms with Crippen molar-refractivity contribution in [2.75, 3.05) is 7.11 Å². The minimum atomic E-state index is -0.994. The number of benzene rings is 1. The maximum absolute atomic E-state index is 11.1. The van der Waals surface area contributed by atoms with Crippen molar-refractivity contribution in [3.8, 4) is 28.4 Å². The fourth-order valence-electron chi connectivity index (χ4n) is 2.34. The number of aryl methyl sites for hydroxylation is 1. The molecule has 23 heavy (non-hydrogen) atoms. The van der Waals surface area contributed by atoms with Gasteiger partial charge in [-0.15, -0.1) is 0 Å². The molecule has 0 unspecified atom stereocenters. The molecule has 6 nitrogen and oxygen atoms in total. The van der Waals surface area contributed by atoms with Crippen molar-refractivity contribution in [1.29, 1.82) is 0 Å². The van der Waals surface area contributed by atoms with Crippen molar-refractivity contribution >= 4 is 5.97 Å². The average Bonchev–Trinajstić information content (AvgIpc) is 2.97. The first-order valence-corrected chi connectivity index (χ1v) is 6.99. The van der Waals surface area contributed by atoms with Crippen LogP contribution in [0.1, 0.15) is 16.2 Å². The van der Waals surface area contributed by atoms with E-state index in [9.17, 15) is 4.79 Å². The summed E-state index contributed by atoms with van der Waals surface area (Å²) < 4.78 is 5.16. The Morgan fingerprint density at radius 3 is 2.61 bits per heavy atom. The van der Waals surface area contributed by atoms with Gasteiger partial charge in [0.05, 0.1) is 24.1 Å². The number of rotatable bonds is 4. The number of aromatic amines is 1. The Hall–Kier alpha value is -3.15. The van der Waals surface area contributed by atoms with Gasteiger partial charge in [0.2, 0.25) is 0 Å². The number of aromatic nitrogens is 3. The van der Waals surface area contributed by atoms with Gasteiger partial charge in [-0.3, -0.25) is 4.98 Å². The molecule has 0 aliphatic carbocycles. The van der Waals surface area contributed by atoms with Crippen LogP contribution in [0.3, 0.4) is 0 Å². The quantitative estimate of drug-likeness (QED) is 0.773. The molecule has 0 aliphatic heterocycles. The van der Waals surface area contributed by atoms with Crippen LogP contribution in [-0.2, 0) is 0 Å². The number of ether oxygens (including phenoxy) is 1. The molecule has 0 bridgehead atoms. The Morgan fingerprint density at radius 1 is 1.22 bits per heavy atom. The van der Waals surface area contributed by atoms with E-state index in [1.54, 1.807) is 7.11 Å². The van der Waals surface area contributed by atoms with Crippen LogP contribution in [0.4, 0.5) is 0 Å². The van der Waals surface area contributed by atoms with Crippen molar-refractivity contribution < 1.29 is 14.6 Å². The highest BCUT2D eigenvalue weighted by Gasteiger charge is 2.15. The van der Waals surface area contributed by atoms with Gasteiger partial charge in [-0.25, -0.2) is 9.78 Å². The van der Waals surface area contributed by atoms with E-state index < -0.39 is 5.97 Å². The number of nitrogens with zero attached hydrogens (tertiary/aromatic N) is 2. The van der Waals surface area contributed by atoms with Crippen molar-refractivity contribution in [2.24, 2.45) is 0 Å². The molecule has 0 aliphatic rings. The van der Waals surface area contributed by atoms with E-state index in [0.29, 0.717) is 11.4 Å². The summed E-state index contributed by atoms with van der Waals surface area (Å²) in [6, 6.07) is 10.5. The Kier molecular flexibility index (Phi) is 3.80. The third kappa shape index (κ3) is 2.91. The summed E-state index contributed by atoms with van der Waals surface area (Å²) in [6.07, 6.45) is 1.47. The van der Waals surface area contributed by atoms with Gasteiger partial charge in [-0.05, 0) is 43.3 Å². The first-order valence-electron chi connectivity index (χ1n) is 6.99. The number of hydrogen-bond acceptors (Lipinski definition) is 4. The number of pyridine rings is 1. The van der Waals surface area contributed by atoms with E-state index in [0.717, 1.165) is 22.8 Å². The minimum Gasteiger partial charge on any atom is -0.497 e. The Labute approximate surface area is 132 Å². The standard InChI is InChI=1S/C17H15N3O3/c1-10-19-15(11-3-5-13(23-2)6-4-11)16(20-10)14-9-12(17(21)22)7-8-18-14/h3-9H,1-2H3,(H,19,20)(H,21,22). The predicted molar refractivity (Wildman–Crippen MR) is 85.5 cm³/mol. The highest BCUT2D eigenvalue weighted by atomic mass is 16.5. The highest BCUT2D eigenvalue weighted by Crippen LogP contribution is 2.30. The van der Waals surface area contributed by atoms with Crippen LogP contribution in [0.15, 0.2) is 42.6 Å². The zero-order valence-electron chi connectivity index (χ0n) is 12.7. The van der Waals surface area contributed by atoms with Crippen molar-refractivity contribution in [2.45, 2.75) is 6.92 Å². The minimum absolute atomic E-state index is 0.177. The fourth-order valence-corrected chi connectivity index (χ4v) is 2.34. The molecule has 1 aromatic carbocycles. The van der Waals surface area contributed by atoms with Gasteiger partial charge in [0.15, 0.2) is 0 Å². The monoisotopic (exact) mass is 309 g/mol. The number of carboxylic acid groups (broad SMARTS) is 1. The molecule has 116 valence electrons. The van der Waals surface area contributed by atoms with Crippen molar-refractivity contribution in [3.05, 3.63) is 54.0 Å². The van der Waals surface area contributed by atoms with E-state index in [1.807, 2.05) is 31.2 Å². The van der Waals surface area contributed by atoms with Crippen LogP contribution >= 0.6 is 0 Å². The zero-order valence-corrected chi connectivity index (χ0v) is 12.7. The zero-order chi connectivity index (χ0) is 16.4. The van der Waals surface area contributed by atoms with Gasteiger partial charge < -0.3 is 14.8 Å². The molecular formula is C17H15N3O3. The van der Waals surface area contributed by atoms with Crippen molar-refractivity contribution in [1.82, 2.24) is 15.0 Å². The second-order valence-corrected chi connectivity index (χ2v) is 5.01. The molecule has 0 saturated carbocycles. The normalized spacial score (nSPS) is 10.5. The molecular weight excluding hydrogens is 294 g/mol. The predicted octanol–water partition coefficient (Wildman–Crippen LogP) is 3.15. The van der Waals surface area contributed by atoms with E-state index in [-0.39, 0.29) is 5.56 Å².